The fourth-order valence-corrected chi connectivity index (χ4v) is 0.669. The van der Waals surface area contributed by atoms with Crippen LogP contribution in [0.3, 0.4) is 0 Å². The van der Waals surface area contributed by atoms with Gasteiger partial charge in [0.25, 0.3) is 0 Å². The van der Waals surface area contributed by atoms with Gasteiger partial charge in [-0.3, -0.25) is 0 Å². The number of hydrogen-bond donors (Lipinski definition) is 1. The molecule has 0 heterocycles. The minimum absolute atomic E-state index is 0.673. The zero-order valence-corrected chi connectivity index (χ0v) is 5.71. The first kappa shape index (κ1) is 5.99. The molecule has 0 nitrogen and oxygen atoms in total. The second kappa shape index (κ2) is 2.42. The van der Waals surface area contributed by atoms with E-state index in [2.05, 4.69) is 18.7 Å². The van der Waals surface area contributed by atoms with Gasteiger partial charge in [0.1, 0.15) is 0 Å². The van der Waals surface area contributed by atoms with E-state index in [1.807, 2.05) is 0 Å². The number of thiol groups is 1. The Balaban J connectivity index is 3.13. The predicted octanol–water partition coefficient (Wildman–Crippen LogP) is 2.43. The highest BCUT2D eigenvalue weighted by molar-refractivity contribution is 7.80. The highest BCUT2D eigenvalue weighted by Crippen LogP contribution is 2.17. The smallest absolute Gasteiger partial charge is 0.0539 e. The van der Waals surface area contributed by atoms with Crippen molar-refractivity contribution in [3.05, 3.63) is 29.3 Å². The molecule has 0 spiro atoms. The standard InChI is InChI=1S/C6H4ClS/c7-5-3-1-2-4-6(5)8/h1,3-4,8H. The van der Waals surface area contributed by atoms with Gasteiger partial charge >= 0.3 is 0 Å². The molecule has 0 aliphatic heterocycles. The Morgan fingerprint density at radius 3 is 2.75 bits per heavy atom. The van der Waals surface area contributed by atoms with Gasteiger partial charge < -0.3 is 0 Å². The third-order valence-corrected chi connectivity index (χ3v) is 1.62. The van der Waals surface area contributed by atoms with Crippen LogP contribution in [0.4, 0.5) is 0 Å². The largest absolute Gasteiger partial charge is 0.142 e. The molecule has 0 saturated heterocycles. The third kappa shape index (κ3) is 1.17. The molecule has 1 radical (unpaired) electrons. The molecule has 2 heteroatoms. The van der Waals surface area contributed by atoms with Crippen LogP contribution in [0.5, 0.6) is 0 Å². The second-order valence-corrected chi connectivity index (χ2v) is 2.27. The van der Waals surface area contributed by atoms with Crippen LogP contribution < -0.4 is 0 Å². The van der Waals surface area contributed by atoms with Crippen molar-refractivity contribution in [2.45, 2.75) is 4.90 Å². The monoisotopic (exact) mass is 143 g/mol. The minimum atomic E-state index is 0.673. The van der Waals surface area contributed by atoms with E-state index in [4.69, 9.17) is 11.6 Å². The molecule has 0 aliphatic rings. The van der Waals surface area contributed by atoms with Gasteiger partial charge in [-0.2, -0.15) is 0 Å². The summed E-state index contributed by atoms with van der Waals surface area (Å²) in [5.74, 6) is 0. The summed E-state index contributed by atoms with van der Waals surface area (Å²) in [5.41, 5.74) is 0. The Morgan fingerprint density at radius 1 is 1.62 bits per heavy atom. The van der Waals surface area contributed by atoms with Crippen LogP contribution >= 0.6 is 24.2 Å². The van der Waals surface area contributed by atoms with Crippen LogP contribution in [-0.4, -0.2) is 0 Å². The van der Waals surface area contributed by atoms with Crippen molar-refractivity contribution in [1.82, 2.24) is 0 Å². The summed E-state index contributed by atoms with van der Waals surface area (Å²) in [6.07, 6.45) is 0. The summed E-state index contributed by atoms with van der Waals surface area (Å²) in [5, 5.41) is 0.673. The Bertz CT molecular complexity index is 165. The number of hydrogen-bond acceptors (Lipinski definition) is 1. The van der Waals surface area contributed by atoms with Crippen LogP contribution in [0.1, 0.15) is 0 Å². The quantitative estimate of drug-likeness (QED) is 0.530. The topological polar surface area (TPSA) is 0 Å². The lowest BCUT2D eigenvalue weighted by molar-refractivity contribution is 1.47. The summed E-state index contributed by atoms with van der Waals surface area (Å²) in [6, 6.07) is 8.07. The molecule has 0 aliphatic carbocycles. The van der Waals surface area contributed by atoms with Gasteiger partial charge in [0.2, 0.25) is 0 Å². The minimum Gasteiger partial charge on any atom is -0.142 e. The van der Waals surface area contributed by atoms with Crippen LogP contribution in [0.25, 0.3) is 0 Å². The first-order chi connectivity index (χ1) is 3.80. The molecule has 1 aromatic carbocycles. The Morgan fingerprint density at radius 2 is 2.38 bits per heavy atom. The van der Waals surface area contributed by atoms with Gasteiger partial charge in [-0.1, -0.05) is 17.7 Å². The highest BCUT2D eigenvalue weighted by Gasteiger charge is 1.88. The molecule has 0 N–H and O–H groups in total. The summed E-state index contributed by atoms with van der Waals surface area (Å²) in [4.78, 5) is 0.772. The van der Waals surface area contributed by atoms with E-state index in [-0.39, 0.29) is 0 Å². The molecule has 8 heavy (non-hydrogen) atoms. The SMILES string of the molecule is Sc1c[c]ccc1Cl. The summed E-state index contributed by atoms with van der Waals surface area (Å²) >= 11 is 9.65. The average molecular weight is 144 g/mol. The van der Waals surface area contributed by atoms with Gasteiger partial charge in [-0.05, 0) is 18.2 Å². The van der Waals surface area contributed by atoms with E-state index >= 15 is 0 Å². The van der Waals surface area contributed by atoms with E-state index in [9.17, 15) is 0 Å². The van der Waals surface area contributed by atoms with Crippen LogP contribution in [0, 0.1) is 6.07 Å². The van der Waals surface area contributed by atoms with E-state index in [1.54, 1.807) is 18.2 Å². The molecule has 1 rings (SSSR count). The molecule has 0 atom stereocenters. The molecular formula is C6H4ClS. The maximum atomic E-state index is 5.61. The maximum absolute atomic E-state index is 5.61. The molecule has 0 aromatic heterocycles. The fraction of sp³-hybridized carbons (Fsp3) is 0. The van der Waals surface area contributed by atoms with Crippen molar-refractivity contribution in [2.75, 3.05) is 0 Å². The molecule has 0 saturated carbocycles. The van der Waals surface area contributed by atoms with E-state index in [0.29, 0.717) is 5.02 Å². The maximum Gasteiger partial charge on any atom is 0.0539 e. The number of benzene rings is 1. The average Bonchev–Trinajstić information content (AvgIpc) is 1.77. The molecule has 41 valence electrons. The zero-order chi connectivity index (χ0) is 5.98. The normalized spacial score (nSPS) is 9.25. The number of halogens is 1. The molecule has 0 unspecified atom stereocenters. The third-order valence-electron chi connectivity index (χ3n) is 0.791. The Labute approximate surface area is 58.9 Å². The first-order valence-electron chi connectivity index (χ1n) is 2.15. The van der Waals surface area contributed by atoms with Gasteiger partial charge in [0, 0.05) is 4.90 Å². The van der Waals surface area contributed by atoms with Crippen LogP contribution in [0.15, 0.2) is 23.1 Å². The Hall–Kier alpha value is -0.140. The molecule has 0 amide bonds. The van der Waals surface area contributed by atoms with Crippen molar-refractivity contribution in [3.8, 4) is 0 Å². The lowest BCUT2D eigenvalue weighted by atomic mass is 10.4. The molecule has 0 bridgehead atoms. The lowest BCUT2D eigenvalue weighted by Crippen LogP contribution is -1.64. The van der Waals surface area contributed by atoms with Crippen molar-refractivity contribution < 1.29 is 0 Å². The number of rotatable bonds is 0. The lowest BCUT2D eigenvalue weighted by Gasteiger charge is -1.89. The van der Waals surface area contributed by atoms with Gasteiger partial charge in [-0.25, -0.2) is 0 Å². The van der Waals surface area contributed by atoms with Crippen molar-refractivity contribution in [2.24, 2.45) is 0 Å². The molecule has 1 aromatic rings. The van der Waals surface area contributed by atoms with Gasteiger partial charge in [-0.15, -0.1) is 12.6 Å². The van der Waals surface area contributed by atoms with Crippen LogP contribution in [-0.2, 0) is 0 Å². The van der Waals surface area contributed by atoms with E-state index in [1.165, 1.54) is 0 Å². The summed E-state index contributed by atoms with van der Waals surface area (Å²) in [6.45, 7) is 0. The second-order valence-electron chi connectivity index (χ2n) is 1.38. The van der Waals surface area contributed by atoms with Gasteiger partial charge in [0.05, 0.1) is 5.02 Å². The highest BCUT2D eigenvalue weighted by atomic mass is 35.5. The summed E-state index contributed by atoms with van der Waals surface area (Å²) < 4.78 is 0. The molecular weight excluding hydrogens is 140 g/mol. The van der Waals surface area contributed by atoms with Crippen molar-refractivity contribution >= 4 is 24.2 Å². The van der Waals surface area contributed by atoms with E-state index < -0.39 is 0 Å². The first-order valence-corrected chi connectivity index (χ1v) is 2.98. The Kier molecular flexibility index (Phi) is 1.81. The molecule has 0 fully saturated rings. The van der Waals surface area contributed by atoms with Gasteiger partial charge in [0.15, 0.2) is 0 Å². The van der Waals surface area contributed by atoms with Crippen molar-refractivity contribution in [1.29, 1.82) is 0 Å². The fourth-order valence-electron chi connectivity index (χ4n) is 0.403. The van der Waals surface area contributed by atoms with E-state index in [0.717, 1.165) is 4.90 Å². The predicted molar refractivity (Wildman–Crippen MR) is 37.5 cm³/mol. The van der Waals surface area contributed by atoms with Crippen LogP contribution in [0.2, 0.25) is 5.02 Å². The zero-order valence-electron chi connectivity index (χ0n) is 4.06. The van der Waals surface area contributed by atoms with Crippen molar-refractivity contribution in [3.63, 3.8) is 0 Å². The summed E-state index contributed by atoms with van der Waals surface area (Å²) in [7, 11) is 0.